The molecule has 2 heterocycles. The van der Waals surface area contributed by atoms with E-state index in [-0.39, 0.29) is 0 Å². The zero-order chi connectivity index (χ0) is 14.4. The van der Waals surface area contributed by atoms with Crippen LogP contribution in [0.25, 0.3) is 33.5 Å². The molecule has 102 valence electrons. The van der Waals surface area contributed by atoms with E-state index in [2.05, 4.69) is 20.9 Å². The van der Waals surface area contributed by atoms with Gasteiger partial charge in [-0.25, -0.2) is 9.97 Å². The lowest BCUT2D eigenvalue weighted by atomic mass is 10.2. The largest absolute Gasteiger partial charge is 0.454 e. The molecule has 0 radical (unpaired) electrons. The monoisotopic (exact) mass is 338 g/mol. The molecule has 0 saturated carbocycles. The van der Waals surface area contributed by atoms with E-state index in [4.69, 9.17) is 9.40 Å². The van der Waals surface area contributed by atoms with Crippen molar-refractivity contribution in [2.45, 2.75) is 6.92 Å². The molecule has 0 fully saturated rings. The first kappa shape index (κ1) is 12.5. The fraction of sp³-hybridized carbons (Fsp3) is 0.0588. The lowest BCUT2D eigenvalue weighted by Gasteiger charge is -2.03. The molecule has 0 saturated heterocycles. The van der Waals surface area contributed by atoms with E-state index in [1.807, 2.05) is 55.5 Å². The summed E-state index contributed by atoms with van der Waals surface area (Å²) < 4.78 is 6.95. The highest BCUT2D eigenvalue weighted by atomic mass is 79.9. The van der Waals surface area contributed by atoms with Crippen molar-refractivity contribution in [3.8, 4) is 11.5 Å². The summed E-state index contributed by atoms with van der Waals surface area (Å²) in [5, 5.41) is 1.05. The van der Waals surface area contributed by atoms with E-state index < -0.39 is 0 Å². The Bertz CT molecular complexity index is 975. The van der Waals surface area contributed by atoms with Gasteiger partial charge in [-0.3, -0.25) is 0 Å². The summed E-state index contributed by atoms with van der Waals surface area (Å²) in [6.45, 7) is 1.96. The molecule has 2 aromatic heterocycles. The van der Waals surface area contributed by atoms with Gasteiger partial charge in [0.15, 0.2) is 5.76 Å². The van der Waals surface area contributed by atoms with Crippen LogP contribution in [0.4, 0.5) is 0 Å². The third-order valence-corrected chi connectivity index (χ3v) is 3.95. The lowest BCUT2D eigenvalue weighted by Crippen LogP contribution is -1.92. The predicted octanol–water partition coefficient (Wildman–Crippen LogP) is 5.11. The van der Waals surface area contributed by atoms with Gasteiger partial charge >= 0.3 is 0 Å². The van der Waals surface area contributed by atoms with Crippen LogP contribution >= 0.6 is 15.9 Å². The van der Waals surface area contributed by atoms with Crippen LogP contribution in [0.15, 0.2) is 57.4 Å². The molecule has 0 aliphatic rings. The first-order valence-electron chi connectivity index (χ1n) is 6.63. The number of para-hydroxylation sites is 2. The third-order valence-electron chi connectivity index (χ3n) is 3.46. The maximum Gasteiger partial charge on any atom is 0.155 e. The average molecular weight is 339 g/mol. The van der Waals surface area contributed by atoms with E-state index in [0.717, 1.165) is 43.6 Å². The summed E-state index contributed by atoms with van der Waals surface area (Å²) in [5.41, 5.74) is 4.28. The van der Waals surface area contributed by atoms with E-state index in [1.165, 1.54) is 0 Å². The summed E-state index contributed by atoms with van der Waals surface area (Å²) in [4.78, 5) is 9.30. The lowest BCUT2D eigenvalue weighted by molar-refractivity contribution is 0.628. The Kier molecular flexibility index (Phi) is 2.79. The standard InChI is InChI=1S/C17H11BrN2O/c1-10-17(20-14-5-3-2-4-13(14)19-10)16-9-11-8-12(18)6-7-15(11)21-16/h2-9H,1H3. The zero-order valence-electron chi connectivity index (χ0n) is 11.3. The second-order valence-electron chi connectivity index (χ2n) is 4.94. The normalized spacial score (nSPS) is 11.3. The van der Waals surface area contributed by atoms with E-state index in [9.17, 15) is 0 Å². The summed E-state index contributed by atoms with van der Waals surface area (Å²) in [6.07, 6.45) is 0. The summed E-state index contributed by atoms with van der Waals surface area (Å²) in [7, 11) is 0. The molecule has 3 nitrogen and oxygen atoms in total. The highest BCUT2D eigenvalue weighted by molar-refractivity contribution is 9.10. The quantitative estimate of drug-likeness (QED) is 0.483. The van der Waals surface area contributed by atoms with Gasteiger partial charge in [-0.1, -0.05) is 28.1 Å². The molecule has 0 bridgehead atoms. The Hall–Kier alpha value is -2.20. The first-order valence-corrected chi connectivity index (χ1v) is 7.43. The van der Waals surface area contributed by atoms with Crippen LogP contribution in [0.1, 0.15) is 5.69 Å². The number of nitrogens with zero attached hydrogens (tertiary/aromatic N) is 2. The minimum Gasteiger partial charge on any atom is -0.454 e. The van der Waals surface area contributed by atoms with Gasteiger partial charge in [-0.05, 0) is 43.3 Å². The maximum atomic E-state index is 5.92. The van der Waals surface area contributed by atoms with Gasteiger partial charge < -0.3 is 4.42 Å². The molecule has 0 aliphatic heterocycles. The topological polar surface area (TPSA) is 38.9 Å². The van der Waals surface area contributed by atoms with Crippen molar-refractivity contribution in [2.75, 3.05) is 0 Å². The van der Waals surface area contributed by atoms with Crippen molar-refractivity contribution in [1.82, 2.24) is 9.97 Å². The fourth-order valence-electron chi connectivity index (χ4n) is 2.45. The summed E-state index contributed by atoms with van der Waals surface area (Å²) >= 11 is 3.48. The average Bonchev–Trinajstić information content (AvgIpc) is 2.89. The highest BCUT2D eigenvalue weighted by Crippen LogP contribution is 2.30. The molecule has 4 aromatic rings. The van der Waals surface area contributed by atoms with Gasteiger partial charge in [0.25, 0.3) is 0 Å². The molecule has 4 rings (SSSR count). The van der Waals surface area contributed by atoms with Gasteiger partial charge in [-0.2, -0.15) is 0 Å². The number of fused-ring (bicyclic) bond motifs is 2. The van der Waals surface area contributed by atoms with Crippen LogP contribution in [0.3, 0.4) is 0 Å². The molecule has 0 amide bonds. The van der Waals surface area contributed by atoms with Crippen molar-refractivity contribution < 1.29 is 4.42 Å². The van der Waals surface area contributed by atoms with Crippen LogP contribution in [-0.4, -0.2) is 9.97 Å². The molecule has 0 N–H and O–H groups in total. The second kappa shape index (κ2) is 4.67. The number of hydrogen-bond acceptors (Lipinski definition) is 3. The van der Waals surface area contributed by atoms with Gasteiger partial charge in [0.05, 0.1) is 16.7 Å². The molecule has 0 atom stereocenters. The van der Waals surface area contributed by atoms with E-state index in [1.54, 1.807) is 0 Å². The Balaban J connectivity index is 1.96. The molecular formula is C17H11BrN2O. The summed E-state index contributed by atoms with van der Waals surface area (Å²) in [5.74, 6) is 0.749. The third kappa shape index (κ3) is 2.12. The minimum atomic E-state index is 0.749. The Labute approximate surface area is 129 Å². The molecule has 21 heavy (non-hydrogen) atoms. The molecule has 4 heteroatoms. The van der Waals surface area contributed by atoms with Gasteiger partial charge in [0, 0.05) is 9.86 Å². The Morgan fingerprint density at radius 2 is 1.71 bits per heavy atom. The number of furan rings is 1. The molecule has 2 aromatic carbocycles. The number of hydrogen-bond donors (Lipinski definition) is 0. The van der Waals surface area contributed by atoms with Crippen molar-refractivity contribution in [3.05, 3.63) is 58.7 Å². The zero-order valence-corrected chi connectivity index (χ0v) is 12.9. The minimum absolute atomic E-state index is 0.749. The Morgan fingerprint density at radius 3 is 2.52 bits per heavy atom. The van der Waals surface area contributed by atoms with Crippen LogP contribution in [0.5, 0.6) is 0 Å². The van der Waals surface area contributed by atoms with Gasteiger partial charge in [0.1, 0.15) is 11.3 Å². The van der Waals surface area contributed by atoms with Crippen molar-refractivity contribution >= 4 is 37.9 Å². The van der Waals surface area contributed by atoms with Crippen LogP contribution < -0.4 is 0 Å². The number of aromatic nitrogens is 2. The van der Waals surface area contributed by atoms with Crippen molar-refractivity contribution in [3.63, 3.8) is 0 Å². The maximum absolute atomic E-state index is 5.92. The fourth-order valence-corrected chi connectivity index (χ4v) is 2.83. The number of halogens is 1. The van der Waals surface area contributed by atoms with E-state index in [0.29, 0.717) is 0 Å². The SMILES string of the molecule is Cc1nc2ccccc2nc1-c1cc2cc(Br)ccc2o1. The van der Waals surface area contributed by atoms with Crippen LogP contribution in [-0.2, 0) is 0 Å². The number of benzene rings is 2. The predicted molar refractivity (Wildman–Crippen MR) is 87.2 cm³/mol. The van der Waals surface area contributed by atoms with Gasteiger partial charge in [-0.15, -0.1) is 0 Å². The Morgan fingerprint density at radius 1 is 0.952 bits per heavy atom. The molecule has 0 spiro atoms. The first-order chi connectivity index (χ1) is 10.2. The van der Waals surface area contributed by atoms with Crippen LogP contribution in [0.2, 0.25) is 0 Å². The number of aryl methyl sites for hydroxylation is 1. The van der Waals surface area contributed by atoms with E-state index >= 15 is 0 Å². The molecular weight excluding hydrogens is 328 g/mol. The number of rotatable bonds is 1. The second-order valence-corrected chi connectivity index (χ2v) is 5.85. The van der Waals surface area contributed by atoms with Crippen molar-refractivity contribution in [1.29, 1.82) is 0 Å². The van der Waals surface area contributed by atoms with Crippen LogP contribution in [0, 0.1) is 6.92 Å². The highest BCUT2D eigenvalue weighted by Gasteiger charge is 2.12. The molecule has 0 aliphatic carbocycles. The summed E-state index contributed by atoms with van der Waals surface area (Å²) in [6, 6.07) is 15.8. The smallest absolute Gasteiger partial charge is 0.155 e. The van der Waals surface area contributed by atoms with Crippen molar-refractivity contribution in [2.24, 2.45) is 0 Å². The molecule has 0 unspecified atom stereocenters. The van der Waals surface area contributed by atoms with Gasteiger partial charge in [0.2, 0.25) is 0 Å².